The van der Waals surface area contributed by atoms with E-state index in [9.17, 15) is 35.9 Å². The summed E-state index contributed by atoms with van der Waals surface area (Å²) in [4.78, 5) is 25.1. The molecule has 2 aromatic rings. The molecule has 8 nitrogen and oxygen atoms in total. The van der Waals surface area contributed by atoms with Crippen molar-refractivity contribution in [3.05, 3.63) is 52.3 Å². The van der Waals surface area contributed by atoms with E-state index in [0.29, 0.717) is 50.2 Å². The van der Waals surface area contributed by atoms with Crippen molar-refractivity contribution in [2.45, 2.75) is 76.7 Å². The van der Waals surface area contributed by atoms with Gasteiger partial charge in [0.15, 0.2) is 0 Å². The summed E-state index contributed by atoms with van der Waals surface area (Å²) < 4.78 is 85.5. The third-order valence-electron chi connectivity index (χ3n) is 6.98. The molecule has 39 heavy (non-hydrogen) atoms. The third-order valence-corrected chi connectivity index (χ3v) is 6.98. The van der Waals surface area contributed by atoms with Crippen LogP contribution in [0.2, 0.25) is 0 Å². The van der Waals surface area contributed by atoms with E-state index in [-0.39, 0.29) is 31.1 Å². The highest BCUT2D eigenvalue weighted by atomic mass is 19.4. The van der Waals surface area contributed by atoms with Crippen molar-refractivity contribution in [1.82, 2.24) is 20.0 Å². The first-order valence-corrected chi connectivity index (χ1v) is 12.5. The minimum absolute atomic E-state index is 0.0226. The molecule has 1 aliphatic carbocycles. The molecule has 0 bridgehead atoms. The summed E-state index contributed by atoms with van der Waals surface area (Å²) in [5.74, 6) is -1.08. The van der Waals surface area contributed by atoms with Crippen molar-refractivity contribution < 1.29 is 45.8 Å². The van der Waals surface area contributed by atoms with Crippen molar-refractivity contribution in [2.75, 3.05) is 6.54 Å². The SMILES string of the molecule is O=C(O)C1CCC(NCc2cc3n(n2)CCCN(C(=O)OCc2cc(C(F)(F)F)cc(C(F)(F)F)c2)C3)CC1. The zero-order chi connectivity index (χ0) is 28.4. The van der Waals surface area contributed by atoms with Crippen molar-refractivity contribution in [3.8, 4) is 0 Å². The molecule has 0 unspecified atom stereocenters. The number of carbonyl (C=O) groups excluding carboxylic acids is 1. The fourth-order valence-electron chi connectivity index (χ4n) is 4.90. The molecule has 1 saturated carbocycles. The minimum Gasteiger partial charge on any atom is -0.481 e. The van der Waals surface area contributed by atoms with Gasteiger partial charge in [0, 0.05) is 25.7 Å². The summed E-state index contributed by atoms with van der Waals surface area (Å²) in [5.41, 5.74) is -1.91. The molecule has 0 radical (unpaired) electrons. The molecular formula is C25H28F6N4O4. The van der Waals surface area contributed by atoms with E-state index in [2.05, 4.69) is 10.4 Å². The number of benzene rings is 1. The first-order chi connectivity index (χ1) is 18.3. The Kier molecular flexibility index (Phi) is 8.42. The second-order valence-corrected chi connectivity index (χ2v) is 9.86. The van der Waals surface area contributed by atoms with Crippen LogP contribution < -0.4 is 5.32 Å². The number of carboxylic acids is 1. The van der Waals surface area contributed by atoms with Crippen LogP contribution in [-0.2, 0) is 48.1 Å². The highest BCUT2D eigenvalue weighted by Crippen LogP contribution is 2.36. The van der Waals surface area contributed by atoms with Crippen LogP contribution in [0.4, 0.5) is 31.1 Å². The lowest BCUT2D eigenvalue weighted by atomic mass is 9.86. The fraction of sp³-hybridized carbons (Fsp3) is 0.560. The molecule has 14 heteroatoms. The Morgan fingerprint density at radius 1 is 0.974 bits per heavy atom. The number of hydrogen-bond acceptors (Lipinski definition) is 5. The number of hydrogen-bond donors (Lipinski definition) is 2. The number of rotatable bonds is 6. The van der Waals surface area contributed by atoms with Crippen LogP contribution in [0.3, 0.4) is 0 Å². The zero-order valence-corrected chi connectivity index (χ0v) is 20.8. The Labute approximate surface area is 219 Å². The molecule has 1 aliphatic heterocycles. The molecule has 4 rings (SSSR count). The number of amides is 1. The molecule has 0 spiro atoms. The number of fused-ring (bicyclic) bond motifs is 1. The van der Waals surface area contributed by atoms with Crippen LogP contribution in [0.15, 0.2) is 24.3 Å². The Bertz CT molecular complexity index is 1160. The molecule has 0 saturated heterocycles. The van der Waals surface area contributed by atoms with E-state index >= 15 is 0 Å². The summed E-state index contributed by atoms with van der Waals surface area (Å²) in [6.45, 7) is 0.626. The molecule has 2 N–H and O–H groups in total. The smallest absolute Gasteiger partial charge is 0.416 e. The molecule has 214 valence electrons. The third kappa shape index (κ3) is 7.43. The minimum atomic E-state index is -4.99. The van der Waals surface area contributed by atoms with E-state index in [1.165, 1.54) is 4.90 Å². The topological polar surface area (TPSA) is 96.7 Å². The van der Waals surface area contributed by atoms with Crippen molar-refractivity contribution in [3.63, 3.8) is 0 Å². The Hall–Kier alpha value is -3.29. The molecule has 2 aliphatic rings. The predicted octanol–water partition coefficient (Wildman–Crippen LogP) is 5.20. The first kappa shape index (κ1) is 28.7. The van der Waals surface area contributed by atoms with Gasteiger partial charge in [-0.3, -0.25) is 9.48 Å². The number of aliphatic carboxylic acids is 1. The second kappa shape index (κ2) is 11.4. The highest BCUT2D eigenvalue weighted by Gasteiger charge is 2.37. The van der Waals surface area contributed by atoms with E-state index < -0.39 is 47.7 Å². The summed E-state index contributed by atoms with van der Waals surface area (Å²) in [6.07, 6.45) is -7.59. The van der Waals surface area contributed by atoms with Crippen LogP contribution in [0, 0.1) is 5.92 Å². The van der Waals surface area contributed by atoms with Gasteiger partial charge in [0.1, 0.15) is 6.61 Å². The van der Waals surface area contributed by atoms with Crippen molar-refractivity contribution in [1.29, 1.82) is 0 Å². The normalized spacial score (nSPS) is 20.3. The number of ether oxygens (including phenoxy) is 1. The van der Waals surface area contributed by atoms with Crippen LogP contribution in [-0.4, -0.2) is 44.4 Å². The number of halogens is 6. The van der Waals surface area contributed by atoms with Gasteiger partial charge in [-0.05, 0) is 61.9 Å². The first-order valence-electron chi connectivity index (χ1n) is 12.5. The van der Waals surface area contributed by atoms with Crippen LogP contribution in [0.25, 0.3) is 0 Å². The summed E-state index contributed by atoms with van der Waals surface area (Å²) in [5, 5.41) is 17.1. The second-order valence-electron chi connectivity index (χ2n) is 9.86. The summed E-state index contributed by atoms with van der Waals surface area (Å²) >= 11 is 0. The van der Waals surface area contributed by atoms with E-state index in [1.807, 2.05) is 6.07 Å². The van der Waals surface area contributed by atoms with Gasteiger partial charge < -0.3 is 20.1 Å². The Balaban J connectivity index is 1.35. The van der Waals surface area contributed by atoms with Gasteiger partial charge in [0.25, 0.3) is 0 Å². The largest absolute Gasteiger partial charge is 0.481 e. The van der Waals surface area contributed by atoms with Gasteiger partial charge in [-0.2, -0.15) is 31.4 Å². The number of nitrogens with zero attached hydrogens (tertiary/aromatic N) is 3. The average molecular weight is 563 g/mol. The molecular weight excluding hydrogens is 534 g/mol. The molecule has 1 aromatic carbocycles. The highest BCUT2D eigenvalue weighted by molar-refractivity contribution is 5.70. The summed E-state index contributed by atoms with van der Waals surface area (Å²) in [6, 6.07) is 3.10. The van der Waals surface area contributed by atoms with Gasteiger partial charge in [-0.15, -0.1) is 0 Å². The molecule has 0 atom stereocenters. The van der Waals surface area contributed by atoms with Gasteiger partial charge in [0.05, 0.1) is 35.0 Å². The lowest BCUT2D eigenvalue weighted by Gasteiger charge is -2.26. The number of carbonyl (C=O) groups is 2. The number of nitrogens with one attached hydrogen (secondary N) is 1. The maximum atomic E-state index is 13.1. The standard InChI is InChI=1S/C25H28F6N4O4/c26-24(27,28)17-8-15(9-18(10-17)25(29,30)31)14-39-23(38)34-6-1-7-35-21(13-34)11-20(33-35)12-32-19-4-2-16(3-5-19)22(36)37/h8-11,16,19,32H,1-7,12-14H2,(H,36,37). The fourth-order valence-corrected chi connectivity index (χ4v) is 4.90. The summed E-state index contributed by atoms with van der Waals surface area (Å²) in [7, 11) is 0. The lowest BCUT2D eigenvalue weighted by Crippen LogP contribution is -2.34. The van der Waals surface area contributed by atoms with Gasteiger partial charge in [-0.1, -0.05) is 0 Å². The quantitative estimate of drug-likeness (QED) is 0.470. The maximum Gasteiger partial charge on any atom is 0.416 e. The van der Waals surface area contributed by atoms with Gasteiger partial charge in [-0.25, -0.2) is 4.79 Å². The van der Waals surface area contributed by atoms with E-state index in [0.717, 1.165) is 18.5 Å². The average Bonchev–Trinajstić information content (AvgIpc) is 3.14. The number of alkyl halides is 6. The molecule has 1 aromatic heterocycles. The van der Waals surface area contributed by atoms with E-state index in [4.69, 9.17) is 9.84 Å². The molecule has 1 amide bonds. The zero-order valence-electron chi connectivity index (χ0n) is 20.8. The van der Waals surface area contributed by atoms with Crippen LogP contribution in [0.1, 0.15) is 60.2 Å². The van der Waals surface area contributed by atoms with E-state index in [1.54, 1.807) is 4.68 Å². The lowest BCUT2D eigenvalue weighted by molar-refractivity contribution is -0.144. The number of carboxylic acid groups (broad SMARTS) is 1. The number of aryl methyl sites for hydroxylation is 1. The number of aromatic nitrogens is 2. The van der Waals surface area contributed by atoms with Crippen molar-refractivity contribution in [2.24, 2.45) is 5.92 Å². The van der Waals surface area contributed by atoms with Gasteiger partial charge >= 0.3 is 24.4 Å². The maximum absolute atomic E-state index is 13.1. The van der Waals surface area contributed by atoms with Gasteiger partial charge in [0.2, 0.25) is 0 Å². The Morgan fingerprint density at radius 2 is 1.62 bits per heavy atom. The molecule has 2 heterocycles. The predicted molar refractivity (Wildman–Crippen MR) is 124 cm³/mol. The Morgan fingerprint density at radius 3 is 2.21 bits per heavy atom. The molecule has 1 fully saturated rings. The van der Waals surface area contributed by atoms with Crippen molar-refractivity contribution >= 4 is 12.1 Å². The monoisotopic (exact) mass is 562 g/mol. The van der Waals surface area contributed by atoms with Crippen LogP contribution >= 0.6 is 0 Å². The van der Waals surface area contributed by atoms with Crippen LogP contribution in [0.5, 0.6) is 0 Å².